The van der Waals surface area contributed by atoms with Gasteiger partial charge in [0.2, 0.25) is 0 Å². The molecule has 0 bridgehead atoms. The third-order valence-electron chi connectivity index (χ3n) is 9.74. The summed E-state index contributed by atoms with van der Waals surface area (Å²) in [6.45, 7) is 0. The van der Waals surface area contributed by atoms with Crippen LogP contribution in [0.1, 0.15) is 52.0 Å². The van der Waals surface area contributed by atoms with Crippen molar-refractivity contribution in [2.75, 3.05) is 4.90 Å². The minimum Gasteiger partial charge on any atom is -0.478 e. The van der Waals surface area contributed by atoms with Crippen LogP contribution in [0, 0.1) is 5.92 Å². The largest absolute Gasteiger partial charge is 0.478 e. The van der Waals surface area contributed by atoms with E-state index in [1.165, 1.54) is 0 Å². The Kier molecular flexibility index (Phi) is 7.15. The Bertz CT molecular complexity index is 2070. The summed E-state index contributed by atoms with van der Waals surface area (Å²) in [5.41, 5.74) is 10.8. The Hall–Kier alpha value is -5.59. The van der Waals surface area contributed by atoms with Crippen LogP contribution < -0.4 is 4.90 Å². The van der Waals surface area contributed by atoms with Crippen molar-refractivity contribution in [2.24, 2.45) is 10.9 Å². The maximum Gasteiger partial charge on any atom is 0.331 e. The number of carbonyl (C=O) groups excluding carboxylic acids is 1. The highest BCUT2D eigenvalue weighted by molar-refractivity contribution is 6.05. The molecule has 1 aliphatic heterocycles. The van der Waals surface area contributed by atoms with Gasteiger partial charge in [0, 0.05) is 16.8 Å². The molecular weight excluding hydrogens is 584 g/mol. The minimum absolute atomic E-state index is 0.176. The smallest absolute Gasteiger partial charge is 0.331 e. The first-order chi connectivity index (χ1) is 23.0. The first-order valence-electron chi connectivity index (χ1n) is 15.9. The third-order valence-corrected chi connectivity index (χ3v) is 9.74. The molecule has 4 aromatic carbocycles. The number of hydrogen-bond acceptors (Lipinski definition) is 5. The van der Waals surface area contributed by atoms with E-state index in [4.69, 9.17) is 4.99 Å². The number of carbonyl (C=O) groups is 2. The van der Waals surface area contributed by atoms with Gasteiger partial charge in [0.25, 0.3) is 0 Å². The van der Waals surface area contributed by atoms with E-state index < -0.39 is 12.1 Å². The topological polar surface area (TPSA) is 90.2 Å². The maximum atomic E-state index is 11.5. The van der Waals surface area contributed by atoms with Gasteiger partial charge in [-0.05, 0) is 81.6 Å². The molecule has 4 unspecified atom stereocenters. The molecule has 0 amide bonds. The number of aldehydes is 1. The van der Waals surface area contributed by atoms with Crippen molar-refractivity contribution in [3.63, 3.8) is 0 Å². The summed E-state index contributed by atoms with van der Waals surface area (Å²) in [5.74, 6) is -0.373. The fraction of sp³-hybridized carbons (Fsp3) is 0.146. The van der Waals surface area contributed by atoms with Crippen molar-refractivity contribution in [3.05, 3.63) is 155 Å². The van der Waals surface area contributed by atoms with Crippen molar-refractivity contribution in [1.82, 2.24) is 0 Å². The number of aliphatic carboxylic acids is 1. The van der Waals surface area contributed by atoms with Crippen LogP contribution in [-0.4, -0.2) is 34.4 Å². The van der Waals surface area contributed by atoms with Gasteiger partial charge in [0.05, 0.1) is 18.1 Å². The van der Waals surface area contributed by atoms with Gasteiger partial charge in [-0.2, -0.15) is 0 Å². The lowest BCUT2D eigenvalue weighted by Gasteiger charge is -2.38. The number of aliphatic hydroxyl groups excluding tert-OH is 1. The number of benzene rings is 4. The molecule has 0 fully saturated rings. The Labute approximate surface area is 273 Å². The molecular formula is C41H32N2O4. The number of fused-ring (bicyclic) bond motifs is 6. The zero-order chi connectivity index (χ0) is 32.1. The SMILES string of the molecule is O=Cc1ccc(-c2ccc3c(c2)C2C(N=C(C4C=CC=CC4O)N2c2ccccc2)c2cc(C4=CC=C(C(=O)O)CC4)ccc2-3)cc1. The van der Waals surface area contributed by atoms with Crippen LogP contribution in [0.15, 0.2) is 138 Å². The molecule has 0 saturated heterocycles. The molecule has 8 rings (SSSR count). The van der Waals surface area contributed by atoms with E-state index in [2.05, 4.69) is 53.4 Å². The monoisotopic (exact) mass is 616 g/mol. The van der Waals surface area contributed by atoms with Crippen molar-refractivity contribution in [2.45, 2.75) is 31.0 Å². The van der Waals surface area contributed by atoms with Crippen molar-refractivity contribution in [1.29, 1.82) is 0 Å². The number of rotatable bonds is 6. The van der Waals surface area contributed by atoms with Gasteiger partial charge in [-0.3, -0.25) is 9.79 Å². The highest BCUT2D eigenvalue weighted by Crippen LogP contribution is 2.55. The number of para-hydroxylation sites is 1. The van der Waals surface area contributed by atoms with E-state index in [-0.39, 0.29) is 18.0 Å². The lowest BCUT2D eigenvalue weighted by atomic mass is 9.77. The Morgan fingerprint density at radius 1 is 0.787 bits per heavy atom. The van der Waals surface area contributed by atoms with Crippen LogP contribution in [0.5, 0.6) is 0 Å². The number of allylic oxidation sites excluding steroid dienone is 5. The van der Waals surface area contributed by atoms with Gasteiger partial charge in [-0.25, -0.2) is 4.79 Å². The van der Waals surface area contributed by atoms with Gasteiger partial charge in [0.15, 0.2) is 0 Å². The summed E-state index contributed by atoms with van der Waals surface area (Å²) in [6, 6.07) is 30.6. The number of aliphatic hydroxyl groups is 1. The summed E-state index contributed by atoms with van der Waals surface area (Å²) >= 11 is 0. The first kappa shape index (κ1) is 28.9. The van der Waals surface area contributed by atoms with E-state index in [1.807, 2.05) is 72.8 Å². The van der Waals surface area contributed by atoms with Crippen molar-refractivity contribution >= 4 is 29.4 Å². The Morgan fingerprint density at radius 2 is 1.49 bits per heavy atom. The molecule has 4 atom stereocenters. The summed E-state index contributed by atoms with van der Waals surface area (Å²) in [5, 5.41) is 20.7. The van der Waals surface area contributed by atoms with Crippen LogP contribution in [0.3, 0.4) is 0 Å². The van der Waals surface area contributed by atoms with Crippen LogP contribution in [0.4, 0.5) is 5.69 Å². The van der Waals surface area contributed by atoms with Crippen LogP contribution in [0.2, 0.25) is 0 Å². The van der Waals surface area contributed by atoms with Gasteiger partial charge in [0.1, 0.15) is 18.2 Å². The zero-order valence-electron chi connectivity index (χ0n) is 25.5. The fourth-order valence-corrected chi connectivity index (χ4v) is 7.36. The van der Waals surface area contributed by atoms with Crippen LogP contribution >= 0.6 is 0 Å². The molecule has 1 heterocycles. The molecule has 6 heteroatoms. The molecule has 230 valence electrons. The van der Waals surface area contributed by atoms with E-state index in [0.29, 0.717) is 24.0 Å². The first-order valence-corrected chi connectivity index (χ1v) is 15.9. The number of carboxylic acid groups (broad SMARTS) is 1. The highest BCUT2D eigenvalue weighted by Gasteiger charge is 2.46. The van der Waals surface area contributed by atoms with Gasteiger partial charge < -0.3 is 15.1 Å². The van der Waals surface area contributed by atoms with Crippen LogP contribution in [-0.2, 0) is 4.79 Å². The number of aliphatic imine (C=N–C) groups is 1. The molecule has 0 saturated carbocycles. The maximum absolute atomic E-state index is 11.5. The number of carboxylic acids is 1. The highest BCUT2D eigenvalue weighted by atomic mass is 16.4. The number of hydrogen-bond donors (Lipinski definition) is 2. The number of anilines is 1. The van der Waals surface area contributed by atoms with E-state index in [0.717, 1.165) is 62.3 Å². The van der Waals surface area contributed by atoms with Gasteiger partial charge in [-0.15, -0.1) is 0 Å². The molecule has 4 aliphatic rings. The summed E-state index contributed by atoms with van der Waals surface area (Å²) in [4.78, 5) is 30.7. The van der Waals surface area contributed by atoms with Gasteiger partial charge >= 0.3 is 5.97 Å². The number of nitrogens with zero attached hydrogens (tertiary/aromatic N) is 2. The van der Waals surface area contributed by atoms with Crippen molar-refractivity contribution in [3.8, 4) is 22.3 Å². The van der Waals surface area contributed by atoms with E-state index >= 15 is 0 Å². The molecule has 0 spiro atoms. The lowest BCUT2D eigenvalue weighted by Crippen LogP contribution is -2.40. The van der Waals surface area contributed by atoms with Crippen molar-refractivity contribution < 1.29 is 19.8 Å². The van der Waals surface area contributed by atoms with Gasteiger partial charge in [-0.1, -0.05) is 103 Å². The summed E-state index contributed by atoms with van der Waals surface area (Å²) in [7, 11) is 0. The molecule has 2 N–H and O–H groups in total. The summed E-state index contributed by atoms with van der Waals surface area (Å²) < 4.78 is 0. The number of amidine groups is 1. The normalized spacial score (nSPS) is 22.4. The molecule has 3 aliphatic carbocycles. The standard InChI is InChI=1S/C41H32N2O4/c44-24-25-10-12-26(13-11-25)30-19-21-33-32-20-18-29(27-14-16-28(17-15-27)41(46)47)22-35(32)38-39(36(33)23-30)43(31-6-2-1-3-7-31)40(42-38)34-8-4-5-9-37(34)45/h1-14,16,18-24,34,37-39,45H,15,17H2,(H,46,47). The molecule has 0 radical (unpaired) electrons. The third kappa shape index (κ3) is 4.98. The predicted molar refractivity (Wildman–Crippen MR) is 185 cm³/mol. The zero-order valence-corrected chi connectivity index (χ0v) is 25.5. The minimum atomic E-state index is -0.869. The second-order valence-corrected chi connectivity index (χ2v) is 12.4. The quantitative estimate of drug-likeness (QED) is 0.214. The van der Waals surface area contributed by atoms with Crippen LogP contribution in [0.25, 0.3) is 27.8 Å². The van der Waals surface area contributed by atoms with E-state index in [1.54, 1.807) is 6.08 Å². The van der Waals surface area contributed by atoms with E-state index in [9.17, 15) is 19.8 Å². The molecule has 6 nitrogen and oxygen atoms in total. The fourth-order valence-electron chi connectivity index (χ4n) is 7.36. The Balaban J connectivity index is 1.33. The Morgan fingerprint density at radius 3 is 2.19 bits per heavy atom. The summed E-state index contributed by atoms with van der Waals surface area (Å²) in [6.07, 6.45) is 12.6. The molecule has 47 heavy (non-hydrogen) atoms. The molecule has 4 aromatic rings. The predicted octanol–water partition coefficient (Wildman–Crippen LogP) is 8.14. The lowest BCUT2D eigenvalue weighted by molar-refractivity contribution is -0.132. The average molecular weight is 617 g/mol. The second kappa shape index (κ2) is 11.6. The molecule has 0 aromatic heterocycles. The average Bonchev–Trinajstić information content (AvgIpc) is 3.53. The second-order valence-electron chi connectivity index (χ2n) is 12.4.